The van der Waals surface area contributed by atoms with Gasteiger partial charge in [-0.3, -0.25) is 0 Å². The quantitative estimate of drug-likeness (QED) is 0.469. The second kappa shape index (κ2) is 7.13. The van der Waals surface area contributed by atoms with Crippen molar-refractivity contribution >= 4 is 0 Å². The molecule has 0 fully saturated rings. The minimum atomic E-state index is 0.209. The highest BCUT2D eigenvalue weighted by molar-refractivity contribution is 5.72. The summed E-state index contributed by atoms with van der Waals surface area (Å²) in [6, 6.07) is 25.8. The summed E-state index contributed by atoms with van der Waals surface area (Å²) in [7, 11) is 0. The van der Waals surface area contributed by atoms with Crippen molar-refractivity contribution in [3.05, 3.63) is 89.5 Å². The highest BCUT2D eigenvalue weighted by Crippen LogP contribution is 2.47. The molecule has 28 heavy (non-hydrogen) atoms. The van der Waals surface area contributed by atoms with E-state index in [-0.39, 0.29) is 10.8 Å². The van der Waals surface area contributed by atoms with Gasteiger partial charge in [-0.1, -0.05) is 94.4 Å². The average Bonchev–Trinajstić information content (AvgIpc) is 2.71. The van der Waals surface area contributed by atoms with Gasteiger partial charge < -0.3 is 4.74 Å². The predicted molar refractivity (Wildman–Crippen MR) is 118 cm³/mol. The second-order valence-corrected chi connectivity index (χ2v) is 9.30. The Morgan fingerprint density at radius 1 is 0.714 bits per heavy atom. The molecule has 3 aromatic rings. The maximum atomic E-state index is 6.21. The van der Waals surface area contributed by atoms with Gasteiger partial charge in [-0.05, 0) is 52.0 Å². The van der Waals surface area contributed by atoms with E-state index in [4.69, 9.17) is 4.74 Å². The van der Waals surface area contributed by atoms with Crippen molar-refractivity contribution < 1.29 is 4.74 Å². The van der Waals surface area contributed by atoms with Crippen molar-refractivity contribution in [2.75, 3.05) is 0 Å². The molecule has 0 amide bonds. The first-order valence-corrected chi connectivity index (χ1v) is 10.3. The molecule has 0 bridgehead atoms. The molecule has 144 valence electrons. The highest BCUT2D eigenvalue weighted by atomic mass is 16.5. The third kappa shape index (κ3) is 3.58. The normalized spacial score (nSPS) is 17.0. The van der Waals surface area contributed by atoms with E-state index in [1.807, 2.05) is 6.07 Å². The summed E-state index contributed by atoms with van der Waals surface area (Å²) in [5.41, 5.74) is 7.03. The molecule has 0 saturated heterocycles. The van der Waals surface area contributed by atoms with Crippen molar-refractivity contribution in [1.82, 2.24) is 0 Å². The lowest BCUT2D eigenvalue weighted by Crippen LogP contribution is -2.33. The van der Waals surface area contributed by atoms with Gasteiger partial charge in [0, 0.05) is 5.56 Å². The van der Waals surface area contributed by atoms with Crippen molar-refractivity contribution in [2.24, 2.45) is 0 Å². The van der Waals surface area contributed by atoms with Gasteiger partial charge in [0.1, 0.15) is 12.4 Å². The minimum Gasteiger partial charge on any atom is -0.488 e. The Bertz CT molecular complexity index is 967. The van der Waals surface area contributed by atoms with Gasteiger partial charge in [0.25, 0.3) is 0 Å². The van der Waals surface area contributed by atoms with Crippen molar-refractivity contribution in [2.45, 2.75) is 58.0 Å². The molecule has 4 rings (SSSR count). The molecule has 0 atom stereocenters. The Hall–Kier alpha value is -2.54. The number of hydrogen-bond acceptors (Lipinski definition) is 1. The highest BCUT2D eigenvalue weighted by Gasteiger charge is 2.37. The first-order chi connectivity index (χ1) is 13.4. The first kappa shape index (κ1) is 18.8. The molecular weight excluding hydrogens is 340 g/mol. The zero-order chi connectivity index (χ0) is 19.8. The van der Waals surface area contributed by atoms with E-state index in [0.29, 0.717) is 6.61 Å². The maximum absolute atomic E-state index is 6.21. The first-order valence-electron chi connectivity index (χ1n) is 10.3. The summed E-state index contributed by atoms with van der Waals surface area (Å²) >= 11 is 0. The number of hydrogen-bond donors (Lipinski definition) is 0. The van der Waals surface area contributed by atoms with Crippen LogP contribution < -0.4 is 4.74 Å². The van der Waals surface area contributed by atoms with E-state index >= 15 is 0 Å². The van der Waals surface area contributed by atoms with Crippen LogP contribution in [0.5, 0.6) is 5.75 Å². The van der Waals surface area contributed by atoms with E-state index in [0.717, 1.165) is 5.75 Å². The Morgan fingerprint density at radius 2 is 1.36 bits per heavy atom. The van der Waals surface area contributed by atoms with Crippen LogP contribution in [0.4, 0.5) is 0 Å². The van der Waals surface area contributed by atoms with Crippen molar-refractivity contribution in [3.8, 4) is 16.9 Å². The number of benzene rings is 3. The summed E-state index contributed by atoms with van der Waals surface area (Å²) < 4.78 is 6.21. The van der Waals surface area contributed by atoms with Crippen LogP contribution in [0.3, 0.4) is 0 Å². The molecule has 1 nitrogen and oxygen atoms in total. The zero-order valence-corrected chi connectivity index (χ0v) is 17.5. The van der Waals surface area contributed by atoms with Crippen LogP contribution in [-0.2, 0) is 17.4 Å². The SMILES string of the molecule is CC1(C)CCC(C)(C)c2cc(-c3ccccc3OCc3ccccc3)ccc21. The molecule has 0 heterocycles. The fourth-order valence-corrected chi connectivity index (χ4v) is 4.32. The summed E-state index contributed by atoms with van der Waals surface area (Å²) in [5, 5.41) is 0. The Balaban J connectivity index is 1.71. The van der Waals surface area contributed by atoms with E-state index in [1.165, 1.54) is 40.7 Å². The zero-order valence-electron chi connectivity index (χ0n) is 17.5. The van der Waals surface area contributed by atoms with Crippen LogP contribution in [0.2, 0.25) is 0 Å². The van der Waals surface area contributed by atoms with Crippen LogP contribution in [-0.4, -0.2) is 0 Å². The van der Waals surface area contributed by atoms with Gasteiger partial charge in [0.05, 0.1) is 0 Å². The molecule has 0 unspecified atom stereocenters. The van der Waals surface area contributed by atoms with Gasteiger partial charge in [0.15, 0.2) is 0 Å². The molecule has 3 aromatic carbocycles. The fraction of sp³-hybridized carbons (Fsp3) is 0.333. The third-order valence-electron chi connectivity index (χ3n) is 6.29. The molecule has 1 aliphatic carbocycles. The number of fused-ring (bicyclic) bond motifs is 1. The maximum Gasteiger partial charge on any atom is 0.127 e. The smallest absolute Gasteiger partial charge is 0.127 e. The number of para-hydroxylation sites is 1. The third-order valence-corrected chi connectivity index (χ3v) is 6.29. The molecule has 0 spiro atoms. The summed E-state index contributed by atoms with van der Waals surface area (Å²) in [6.45, 7) is 10.1. The molecule has 1 aliphatic rings. The van der Waals surface area contributed by atoms with Crippen LogP contribution in [0.15, 0.2) is 72.8 Å². The second-order valence-electron chi connectivity index (χ2n) is 9.30. The summed E-state index contributed by atoms with van der Waals surface area (Å²) in [5.74, 6) is 0.944. The van der Waals surface area contributed by atoms with Crippen molar-refractivity contribution in [1.29, 1.82) is 0 Å². The molecule has 0 aliphatic heterocycles. The van der Waals surface area contributed by atoms with Crippen LogP contribution in [0, 0.1) is 0 Å². The van der Waals surface area contributed by atoms with Gasteiger partial charge >= 0.3 is 0 Å². The standard InChI is InChI=1S/C27H30O/c1-26(2)16-17-27(3,4)24-18-21(14-15-23(24)26)22-12-8-9-13-25(22)28-19-20-10-6-5-7-11-20/h5-15,18H,16-17,19H2,1-4H3. The molecule has 0 N–H and O–H groups in total. The lowest BCUT2D eigenvalue weighted by atomic mass is 9.63. The topological polar surface area (TPSA) is 9.23 Å². The Kier molecular flexibility index (Phi) is 4.79. The molecule has 0 aromatic heterocycles. The van der Waals surface area contributed by atoms with Crippen molar-refractivity contribution in [3.63, 3.8) is 0 Å². The molecule has 0 saturated carbocycles. The molecule has 1 heteroatoms. The van der Waals surface area contributed by atoms with Gasteiger partial charge in [-0.25, -0.2) is 0 Å². The van der Waals surface area contributed by atoms with E-state index in [9.17, 15) is 0 Å². The lowest BCUT2D eigenvalue weighted by Gasteiger charge is -2.42. The van der Waals surface area contributed by atoms with E-state index in [1.54, 1.807) is 0 Å². The molecule has 0 radical (unpaired) electrons. The predicted octanol–water partition coefficient (Wildman–Crippen LogP) is 7.28. The van der Waals surface area contributed by atoms with Gasteiger partial charge in [-0.2, -0.15) is 0 Å². The lowest BCUT2D eigenvalue weighted by molar-refractivity contribution is 0.307. The number of rotatable bonds is 4. The van der Waals surface area contributed by atoms with Gasteiger partial charge in [-0.15, -0.1) is 0 Å². The fourth-order valence-electron chi connectivity index (χ4n) is 4.32. The van der Waals surface area contributed by atoms with Gasteiger partial charge in [0.2, 0.25) is 0 Å². The van der Waals surface area contributed by atoms with Crippen LogP contribution >= 0.6 is 0 Å². The average molecular weight is 371 g/mol. The Labute approximate surface area is 169 Å². The molecular formula is C27H30O. The van der Waals surface area contributed by atoms with E-state index in [2.05, 4.69) is 94.4 Å². The summed E-state index contributed by atoms with van der Waals surface area (Å²) in [4.78, 5) is 0. The summed E-state index contributed by atoms with van der Waals surface area (Å²) in [6.07, 6.45) is 2.46. The van der Waals surface area contributed by atoms with Crippen LogP contribution in [0.1, 0.15) is 57.2 Å². The monoisotopic (exact) mass is 370 g/mol. The largest absolute Gasteiger partial charge is 0.488 e. The minimum absolute atomic E-state index is 0.209. The Morgan fingerprint density at radius 3 is 2.11 bits per heavy atom. The number of ether oxygens (including phenoxy) is 1. The van der Waals surface area contributed by atoms with E-state index < -0.39 is 0 Å². The van der Waals surface area contributed by atoms with Crippen LogP contribution in [0.25, 0.3) is 11.1 Å².